The molecule has 4 heterocycles. The van der Waals surface area contributed by atoms with Crippen LogP contribution < -0.4 is 9.46 Å². The summed E-state index contributed by atoms with van der Waals surface area (Å²) in [5.74, 6) is 0.794. The number of ether oxygens (including phenoxy) is 1. The fraction of sp³-hybridized carbons (Fsp3) is 0.250. The predicted octanol–water partition coefficient (Wildman–Crippen LogP) is 6.13. The number of hydrogen-bond donors (Lipinski definition) is 3. The number of halogens is 1. The van der Waals surface area contributed by atoms with Gasteiger partial charge in [0.1, 0.15) is 17.3 Å². The number of hydrogen-bond acceptors (Lipinski definition) is 7. The van der Waals surface area contributed by atoms with Gasteiger partial charge in [-0.3, -0.25) is 10.1 Å². The molecular formula is C32H30FN7O3S. The second-order valence-electron chi connectivity index (χ2n) is 11.2. The van der Waals surface area contributed by atoms with Crippen molar-refractivity contribution in [2.24, 2.45) is 0 Å². The van der Waals surface area contributed by atoms with E-state index in [0.717, 1.165) is 46.9 Å². The highest BCUT2D eigenvalue weighted by Gasteiger charge is 2.18. The van der Waals surface area contributed by atoms with Gasteiger partial charge in [0.25, 0.3) is 0 Å². The van der Waals surface area contributed by atoms with Crippen LogP contribution in [0.2, 0.25) is 0 Å². The van der Waals surface area contributed by atoms with Crippen molar-refractivity contribution in [2.75, 3.05) is 6.26 Å². The lowest BCUT2D eigenvalue weighted by Gasteiger charge is -2.23. The van der Waals surface area contributed by atoms with Gasteiger partial charge in [0.05, 0.1) is 29.6 Å². The summed E-state index contributed by atoms with van der Waals surface area (Å²) in [7, 11) is -3.43. The maximum Gasteiger partial charge on any atom is 0.209 e. The molecule has 1 aliphatic rings. The molecule has 4 aromatic heterocycles. The number of sulfonamides is 1. The first-order valence-electron chi connectivity index (χ1n) is 14.5. The van der Waals surface area contributed by atoms with Gasteiger partial charge in [-0.1, -0.05) is 12.5 Å². The Morgan fingerprint density at radius 2 is 1.86 bits per heavy atom. The van der Waals surface area contributed by atoms with Gasteiger partial charge in [-0.2, -0.15) is 5.10 Å². The highest BCUT2D eigenvalue weighted by atomic mass is 32.2. The molecule has 1 aliphatic carbocycles. The minimum Gasteiger partial charge on any atom is -0.489 e. The first-order chi connectivity index (χ1) is 21.3. The Morgan fingerprint density at radius 3 is 2.70 bits per heavy atom. The van der Waals surface area contributed by atoms with Crippen LogP contribution in [-0.4, -0.2) is 50.9 Å². The van der Waals surface area contributed by atoms with Crippen molar-refractivity contribution < 1.29 is 17.5 Å². The van der Waals surface area contributed by atoms with Crippen molar-refractivity contribution in [1.82, 2.24) is 34.9 Å². The van der Waals surface area contributed by atoms with E-state index in [1.807, 2.05) is 30.5 Å². The maximum atomic E-state index is 14.6. The van der Waals surface area contributed by atoms with Crippen LogP contribution in [0.15, 0.2) is 67.1 Å². The minimum absolute atomic E-state index is 0.0290. The van der Waals surface area contributed by atoms with Gasteiger partial charge in [0.15, 0.2) is 11.5 Å². The summed E-state index contributed by atoms with van der Waals surface area (Å²) in [6, 6.07) is 14.3. The lowest BCUT2D eigenvalue weighted by atomic mass is 9.98. The third kappa shape index (κ3) is 5.90. The average molecular weight is 612 g/mol. The Bertz CT molecular complexity index is 2100. The molecule has 0 unspecified atom stereocenters. The van der Waals surface area contributed by atoms with E-state index in [2.05, 4.69) is 29.9 Å². The second kappa shape index (κ2) is 11.4. The van der Waals surface area contributed by atoms with Crippen molar-refractivity contribution in [3.05, 3.63) is 78.5 Å². The van der Waals surface area contributed by atoms with E-state index in [1.165, 1.54) is 31.4 Å². The van der Waals surface area contributed by atoms with Crippen LogP contribution in [-0.2, 0) is 16.6 Å². The van der Waals surface area contributed by atoms with Crippen LogP contribution in [0.25, 0.3) is 55.8 Å². The predicted molar refractivity (Wildman–Crippen MR) is 167 cm³/mol. The molecular weight excluding hydrogens is 581 g/mol. The molecule has 224 valence electrons. The van der Waals surface area contributed by atoms with E-state index in [0.29, 0.717) is 39.4 Å². The SMILES string of the molecule is CS(=O)(=O)NCc1cc(F)cc(-c2ccnc3nc(-c4n[nH]c5ccc(-c6cncc(OC7CCCCC7)c6)cc45)[nH]c23)c1. The number of pyridine rings is 2. The first kappa shape index (κ1) is 28.1. The summed E-state index contributed by atoms with van der Waals surface area (Å²) in [4.78, 5) is 16.9. The summed E-state index contributed by atoms with van der Waals surface area (Å²) < 4.78 is 46.4. The van der Waals surface area contributed by atoms with Crippen LogP contribution in [0.3, 0.4) is 0 Å². The lowest BCUT2D eigenvalue weighted by molar-refractivity contribution is 0.154. The number of nitrogens with one attached hydrogen (secondary N) is 3. The van der Waals surface area contributed by atoms with Crippen LogP contribution in [0.5, 0.6) is 5.75 Å². The van der Waals surface area contributed by atoms with E-state index in [1.54, 1.807) is 24.5 Å². The Kier molecular flexibility index (Phi) is 7.31. The van der Waals surface area contributed by atoms with E-state index in [9.17, 15) is 12.8 Å². The van der Waals surface area contributed by atoms with Crippen LogP contribution >= 0.6 is 0 Å². The molecule has 2 aromatic carbocycles. The van der Waals surface area contributed by atoms with Gasteiger partial charge < -0.3 is 9.72 Å². The monoisotopic (exact) mass is 611 g/mol. The molecule has 1 fully saturated rings. The molecule has 7 rings (SSSR count). The molecule has 10 nitrogen and oxygen atoms in total. The van der Waals surface area contributed by atoms with Gasteiger partial charge >= 0.3 is 0 Å². The Morgan fingerprint density at radius 1 is 1.00 bits per heavy atom. The summed E-state index contributed by atoms with van der Waals surface area (Å²) >= 11 is 0. The largest absolute Gasteiger partial charge is 0.489 e. The number of rotatable bonds is 8. The molecule has 0 atom stereocenters. The fourth-order valence-electron chi connectivity index (χ4n) is 5.78. The number of imidazole rings is 1. The molecule has 1 saturated carbocycles. The average Bonchev–Trinajstić information content (AvgIpc) is 3.64. The Hall–Kier alpha value is -4.68. The van der Waals surface area contributed by atoms with Crippen LogP contribution in [0.4, 0.5) is 4.39 Å². The van der Waals surface area contributed by atoms with Crippen molar-refractivity contribution in [1.29, 1.82) is 0 Å². The smallest absolute Gasteiger partial charge is 0.209 e. The van der Waals surface area contributed by atoms with Gasteiger partial charge in [-0.25, -0.2) is 27.5 Å². The molecule has 6 aromatic rings. The van der Waals surface area contributed by atoms with Gasteiger partial charge in [-0.05, 0) is 84.8 Å². The number of aromatic amines is 2. The number of aromatic nitrogens is 6. The molecule has 0 radical (unpaired) electrons. The molecule has 12 heteroatoms. The van der Waals surface area contributed by atoms with Crippen molar-refractivity contribution in [3.63, 3.8) is 0 Å². The first-order valence-corrected chi connectivity index (χ1v) is 16.4. The summed E-state index contributed by atoms with van der Waals surface area (Å²) in [5.41, 5.74) is 6.15. The zero-order valence-electron chi connectivity index (χ0n) is 24.0. The summed E-state index contributed by atoms with van der Waals surface area (Å²) in [6.45, 7) is -0.0290. The molecule has 0 aliphatic heterocycles. The zero-order valence-corrected chi connectivity index (χ0v) is 24.8. The summed E-state index contributed by atoms with van der Waals surface area (Å²) in [5, 5.41) is 8.51. The van der Waals surface area contributed by atoms with E-state index in [-0.39, 0.29) is 12.6 Å². The van der Waals surface area contributed by atoms with Gasteiger partial charge in [-0.15, -0.1) is 0 Å². The Balaban J connectivity index is 1.23. The van der Waals surface area contributed by atoms with E-state index >= 15 is 0 Å². The lowest BCUT2D eigenvalue weighted by Crippen LogP contribution is -2.21. The molecule has 44 heavy (non-hydrogen) atoms. The number of fused-ring (bicyclic) bond motifs is 2. The molecule has 0 spiro atoms. The minimum atomic E-state index is -3.43. The highest BCUT2D eigenvalue weighted by Crippen LogP contribution is 2.34. The standard InChI is InChI=1S/C32H30FN7O3S/c1-44(41,42)36-16-19-11-21(13-23(33)12-19)26-9-10-35-31-29(26)37-32(38-31)30-27-15-20(7-8-28(27)39-40-30)22-14-25(18-34-17-22)43-24-5-3-2-4-6-24/h7-15,17-18,24,36H,2-6,16H2,1H3,(H,39,40)(H,35,37,38). The van der Waals surface area contributed by atoms with Crippen molar-refractivity contribution in [2.45, 2.75) is 44.8 Å². The fourth-order valence-corrected chi connectivity index (χ4v) is 6.21. The number of benzene rings is 2. The molecule has 3 N–H and O–H groups in total. The van der Waals surface area contributed by atoms with Gasteiger partial charge in [0.2, 0.25) is 10.0 Å². The van der Waals surface area contributed by atoms with Gasteiger partial charge in [0, 0.05) is 35.5 Å². The molecule has 0 saturated heterocycles. The normalized spacial score (nSPS) is 14.4. The topological polar surface area (TPSA) is 139 Å². The van der Waals surface area contributed by atoms with Crippen LogP contribution in [0, 0.1) is 5.82 Å². The molecule has 0 amide bonds. The Labute approximate surface area is 253 Å². The van der Waals surface area contributed by atoms with Crippen LogP contribution in [0.1, 0.15) is 37.7 Å². The second-order valence-corrected chi connectivity index (χ2v) is 13.0. The van der Waals surface area contributed by atoms with Crippen molar-refractivity contribution in [3.8, 4) is 39.5 Å². The molecule has 0 bridgehead atoms. The summed E-state index contributed by atoms with van der Waals surface area (Å²) in [6.07, 6.45) is 12.3. The third-order valence-corrected chi connectivity index (χ3v) is 8.56. The van der Waals surface area contributed by atoms with E-state index in [4.69, 9.17) is 9.72 Å². The quantitative estimate of drug-likeness (QED) is 0.188. The van der Waals surface area contributed by atoms with E-state index < -0.39 is 15.8 Å². The zero-order chi connectivity index (χ0) is 30.3. The third-order valence-electron chi connectivity index (χ3n) is 7.89. The maximum absolute atomic E-state index is 14.6. The van der Waals surface area contributed by atoms with Crippen molar-refractivity contribution >= 4 is 32.1 Å². The number of H-pyrrole nitrogens is 2. The highest BCUT2D eigenvalue weighted by molar-refractivity contribution is 7.88. The number of nitrogens with zero attached hydrogens (tertiary/aromatic N) is 4.